The van der Waals surface area contributed by atoms with E-state index in [0.717, 1.165) is 6.42 Å². The van der Waals surface area contributed by atoms with Gasteiger partial charge in [0.2, 0.25) is 5.91 Å². The fourth-order valence-electron chi connectivity index (χ4n) is 3.38. The van der Waals surface area contributed by atoms with Crippen molar-refractivity contribution in [1.82, 2.24) is 30.0 Å². The minimum absolute atomic E-state index is 0.0150. The molecule has 2 aromatic heterocycles. The van der Waals surface area contributed by atoms with E-state index in [0.29, 0.717) is 41.7 Å². The normalized spacial score (nSPS) is 16.3. The standard InChI is InChI=1S/C20H23N7O3/c1-12(2)18-22-19(30-24-18)17-11-27(25-23-17)16-7-8-26(10-16)20(29)14-5-4-6-15(9-14)21-13(3)28/h4-6,9,11-12,16H,7-8,10H2,1-3H3,(H,21,28)/t16-/m0/s1. The monoisotopic (exact) mass is 409 g/mol. The zero-order valence-corrected chi connectivity index (χ0v) is 17.1. The van der Waals surface area contributed by atoms with Gasteiger partial charge in [0.25, 0.3) is 11.8 Å². The number of rotatable bonds is 5. The Morgan fingerprint density at radius 3 is 2.87 bits per heavy atom. The maximum atomic E-state index is 12.9. The Morgan fingerprint density at radius 1 is 1.30 bits per heavy atom. The molecule has 0 unspecified atom stereocenters. The Hall–Kier alpha value is -3.56. The largest absolute Gasteiger partial charge is 0.336 e. The number of amides is 2. The van der Waals surface area contributed by atoms with Crippen LogP contribution in [0.5, 0.6) is 0 Å². The average molecular weight is 409 g/mol. The van der Waals surface area contributed by atoms with Crippen LogP contribution in [0.3, 0.4) is 0 Å². The molecule has 1 N–H and O–H groups in total. The van der Waals surface area contributed by atoms with Crippen molar-refractivity contribution in [2.24, 2.45) is 0 Å². The highest BCUT2D eigenvalue weighted by Gasteiger charge is 2.29. The molecule has 1 atom stereocenters. The molecule has 3 aromatic rings. The Balaban J connectivity index is 1.44. The fraction of sp³-hybridized carbons (Fsp3) is 0.400. The van der Waals surface area contributed by atoms with Crippen LogP contribution in [-0.2, 0) is 4.79 Å². The topological polar surface area (TPSA) is 119 Å². The maximum absolute atomic E-state index is 12.9. The molecule has 0 spiro atoms. The van der Waals surface area contributed by atoms with E-state index < -0.39 is 0 Å². The molecule has 1 fully saturated rings. The highest BCUT2D eigenvalue weighted by Crippen LogP contribution is 2.25. The van der Waals surface area contributed by atoms with Crippen molar-refractivity contribution in [3.8, 4) is 11.6 Å². The quantitative estimate of drug-likeness (QED) is 0.687. The number of carbonyl (C=O) groups excluding carboxylic acids is 2. The molecule has 10 heteroatoms. The van der Waals surface area contributed by atoms with Gasteiger partial charge in [0.05, 0.1) is 12.2 Å². The van der Waals surface area contributed by atoms with Gasteiger partial charge in [0, 0.05) is 37.2 Å². The minimum Gasteiger partial charge on any atom is -0.336 e. The molecule has 0 saturated carbocycles. The second-order valence-electron chi connectivity index (χ2n) is 7.65. The third-order valence-corrected chi connectivity index (χ3v) is 4.94. The molecule has 0 bridgehead atoms. The van der Waals surface area contributed by atoms with E-state index >= 15 is 0 Å². The zero-order valence-electron chi connectivity index (χ0n) is 17.1. The van der Waals surface area contributed by atoms with E-state index in [9.17, 15) is 9.59 Å². The summed E-state index contributed by atoms with van der Waals surface area (Å²) < 4.78 is 7.02. The van der Waals surface area contributed by atoms with E-state index in [1.54, 1.807) is 40.0 Å². The number of carbonyl (C=O) groups is 2. The summed E-state index contributed by atoms with van der Waals surface area (Å²) in [7, 11) is 0. The summed E-state index contributed by atoms with van der Waals surface area (Å²) in [6, 6.07) is 6.96. The predicted octanol–water partition coefficient (Wildman–Crippen LogP) is 2.50. The van der Waals surface area contributed by atoms with E-state index in [-0.39, 0.29) is 23.8 Å². The van der Waals surface area contributed by atoms with Crippen LogP contribution in [-0.4, -0.2) is 54.9 Å². The number of hydrogen-bond acceptors (Lipinski definition) is 7. The number of nitrogens with zero attached hydrogens (tertiary/aromatic N) is 6. The molecule has 2 amide bonds. The molecular formula is C20H23N7O3. The van der Waals surface area contributed by atoms with Crippen LogP contribution >= 0.6 is 0 Å². The van der Waals surface area contributed by atoms with E-state index in [1.807, 2.05) is 13.8 Å². The highest BCUT2D eigenvalue weighted by molar-refractivity contribution is 5.97. The van der Waals surface area contributed by atoms with Gasteiger partial charge in [-0.25, -0.2) is 4.68 Å². The van der Waals surface area contributed by atoms with Crippen molar-refractivity contribution >= 4 is 17.5 Å². The van der Waals surface area contributed by atoms with Gasteiger partial charge >= 0.3 is 0 Å². The second kappa shape index (κ2) is 8.05. The summed E-state index contributed by atoms with van der Waals surface area (Å²) in [5.74, 6) is 0.869. The molecule has 0 radical (unpaired) electrons. The van der Waals surface area contributed by atoms with Gasteiger partial charge in [-0.1, -0.05) is 30.3 Å². The number of nitrogens with one attached hydrogen (secondary N) is 1. The lowest BCUT2D eigenvalue weighted by Gasteiger charge is -2.17. The number of benzene rings is 1. The summed E-state index contributed by atoms with van der Waals surface area (Å²) >= 11 is 0. The molecule has 1 aliphatic rings. The van der Waals surface area contributed by atoms with Gasteiger partial charge in [-0.05, 0) is 24.6 Å². The maximum Gasteiger partial charge on any atom is 0.280 e. The third-order valence-electron chi connectivity index (χ3n) is 4.94. The van der Waals surface area contributed by atoms with Gasteiger partial charge in [-0.2, -0.15) is 4.98 Å². The van der Waals surface area contributed by atoms with Crippen molar-refractivity contribution in [3.05, 3.63) is 41.9 Å². The smallest absolute Gasteiger partial charge is 0.280 e. The molecule has 10 nitrogen and oxygen atoms in total. The molecule has 30 heavy (non-hydrogen) atoms. The first kappa shape index (κ1) is 19.7. The zero-order chi connectivity index (χ0) is 21.3. The molecule has 0 aliphatic carbocycles. The summed E-state index contributed by atoms with van der Waals surface area (Å²) in [5, 5.41) is 15.0. The van der Waals surface area contributed by atoms with Crippen LogP contribution in [0.15, 0.2) is 35.0 Å². The summed E-state index contributed by atoms with van der Waals surface area (Å²) in [6.07, 6.45) is 2.54. The van der Waals surface area contributed by atoms with Gasteiger partial charge < -0.3 is 14.7 Å². The van der Waals surface area contributed by atoms with Crippen LogP contribution in [0.25, 0.3) is 11.6 Å². The Labute approximate surface area is 173 Å². The predicted molar refractivity (Wildman–Crippen MR) is 108 cm³/mol. The lowest BCUT2D eigenvalue weighted by molar-refractivity contribution is -0.114. The number of likely N-dealkylation sites (tertiary alicyclic amines) is 1. The second-order valence-corrected chi connectivity index (χ2v) is 7.65. The first-order valence-electron chi connectivity index (χ1n) is 9.83. The van der Waals surface area contributed by atoms with Crippen molar-refractivity contribution in [2.75, 3.05) is 18.4 Å². The van der Waals surface area contributed by atoms with Crippen LogP contribution < -0.4 is 5.32 Å². The lowest BCUT2D eigenvalue weighted by atomic mass is 10.1. The minimum atomic E-state index is -0.176. The Kier molecular flexibility index (Phi) is 5.30. The van der Waals surface area contributed by atoms with Gasteiger partial charge in [0.15, 0.2) is 11.5 Å². The number of aromatic nitrogens is 5. The van der Waals surface area contributed by atoms with Crippen LogP contribution in [0.1, 0.15) is 55.3 Å². The van der Waals surface area contributed by atoms with E-state index in [1.165, 1.54) is 6.92 Å². The van der Waals surface area contributed by atoms with Gasteiger partial charge in [-0.15, -0.1) is 5.10 Å². The van der Waals surface area contributed by atoms with Crippen LogP contribution in [0, 0.1) is 0 Å². The van der Waals surface area contributed by atoms with E-state index in [2.05, 4.69) is 25.8 Å². The first-order chi connectivity index (χ1) is 14.4. The highest BCUT2D eigenvalue weighted by atomic mass is 16.5. The van der Waals surface area contributed by atoms with Crippen LogP contribution in [0.2, 0.25) is 0 Å². The van der Waals surface area contributed by atoms with Crippen molar-refractivity contribution in [3.63, 3.8) is 0 Å². The molecule has 156 valence electrons. The summed E-state index contributed by atoms with van der Waals surface area (Å²) in [5.41, 5.74) is 1.65. The number of anilines is 1. The SMILES string of the molecule is CC(=O)Nc1cccc(C(=O)N2CC[C@H](n3cc(-c4nc(C(C)C)no4)nn3)C2)c1. The molecule has 1 aromatic carbocycles. The Morgan fingerprint density at radius 2 is 2.13 bits per heavy atom. The first-order valence-corrected chi connectivity index (χ1v) is 9.83. The Bertz CT molecular complexity index is 1070. The van der Waals surface area contributed by atoms with Gasteiger partial charge in [-0.3, -0.25) is 9.59 Å². The van der Waals surface area contributed by atoms with Crippen molar-refractivity contribution in [2.45, 2.75) is 39.2 Å². The summed E-state index contributed by atoms with van der Waals surface area (Å²) in [6.45, 7) is 6.54. The molecule has 1 saturated heterocycles. The fourth-order valence-corrected chi connectivity index (χ4v) is 3.38. The lowest BCUT2D eigenvalue weighted by Crippen LogP contribution is -2.29. The van der Waals surface area contributed by atoms with Crippen molar-refractivity contribution in [1.29, 1.82) is 0 Å². The molecule has 3 heterocycles. The van der Waals surface area contributed by atoms with Crippen LogP contribution in [0.4, 0.5) is 5.69 Å². The summed E-state index contributed by atoms with van der Waals surface area (Å²) in [4.78, 5) is 30.3. The van der Waals surface area contributed by atoms with Gasteiger partial charge in [0.1, 0.15) is 0 Å². The molecular weight excluding hydrogens is 386 g/mol. The molecule has 1 aliphatic heterocycles. The number of hydrogen-bond donors (Lipinski definition) is 1. The van der Waals surface area contributed by atoms with Crippen molar-refractivity contribution < 1.29 is 14.1 Å². The average Bonchev–Trinajstić information content (AvgIpc) is 3.46. The molecule has 4 rings (SSSR count). The third kappa shape index (κ3) is 4.07. The van der Waals surface area contributed by atoms with E-state index in [4.69, 9.17) is 4.52 Å².